The molecule has 0 heterocycles. The number of aromatic hydroxyl groups is 1. The normalized spacial score (nSPS) is 10.0. The fraction of sp³-hybridized carbons (Fsp3) is 0.0714. The van der Waals surface area contributed by atoms with Crippen LogP contribution in [0, 0.1) is 0 Å². The summed E-state index contributed by atoms with van der Waals surface area (Å²) < 4.78 is 5.02. The zero-order valence-electron chi connectivity index (χ0n) is 10.2. The Morgan fingerprint density at radius 1 is 1.21 bits per heavy atom. The van der Waals surface area contributed by atoms with Gasteiger partial charge in [0, 0.05) is 10.7 Å². The first-order valence-electron chi connectivity index (χ1n) is 5.54. The molecule has 0 unspecified atom stereocenters. The van der Waals surface area contributed by atoms with E-state index >= 15 is 0 Å². The average Bonchev–Trinajstić information content (AvgIpc) is 2.39. The van der Waals surface area contributed by atoms with Gasteiger partial charge in [-0.05, 0) is 42.5 Å². The molecule has 2 aromatic rings. The zero-order chi connectivity index (χ0) is 13.8. The lowest BCUT2D eigenvalue weighted by Gasteiger charge is -2.07. The monoisotopic (exact) mass is 277 g/mol. The molecule has 0 aromatic heterocycles. The Balaban J connectivity index is 2.15. The molecule has 0 bridgehead atoms. The maximum atomic E-state index is 12.0. The number of phenols is 1. The third-order valence-corrected chi connectivity index (χ3v) is 2.79. The van der Waals surface area contributed by atoms with Crippen molar-refractivity contribution >= 4 is 23.2 Å². The molecule has 2 N–H and O–H groups in total. The number of carbonyl (C=O) groups is 1. The first-order valence-corrected chi connectivity index (χ1v) is 5.92. The summed E-state index contributed by atoms with van der Waals surface area (Å²) in [6.07, 6.45) is 0. The van der Waals surface area contributed by atoms with E-state index in [9.17, 15) is 9.90 Å². The van der Waals surface area contributed by atoms with Gasteiger partial charge in [-0.15, -0.1) is 0 Å². The summed E-state index contributed by atoms with van der Waals surface area (Å²) in [5.74, 6) is 0.144. The Kier molecular flexibility index (Phi) is 3.92. The Morgan fingerprint density at radius 3 is 2.47 bits per heavy atom. The average molecular weight is 278 g/mol. The summed E-state index contributed by atoms with van der Waals surface area (Å²) in [6, 6.07) is 11.2. The van der Waals surface area contributed by atoms with Crippen molar-refractivity contribution in [2.24, 2.45) is 0 Å². The Labute approximate surface area is 115 Å². The maximum Gasteiger partial charge on any atom is 0.259 e. The smallest absolute Gasteiger partial charge is 0.259 e. The minimum absolute atomic E-state index is 0.154. The molecule has 2 aromatic carbocycles. The number of phenolic OH excluding ortho intramolecular Hbond substituents is 1. The van der Waals surface area contributed by atoms with Gasteiger partial charge < -0.3 is 15.2 Å². The van der Waals surface area contributed by atoms with Crippen LogP contribution in [-0.4, -0.2) is 18.1 Å². The molecule has 4 nitrogen and oxygen atoms in total. The van der Waals surface area contributed by atoms with Crippen molar-refractivity contribution in [1.82, 2.24) is 0 Å². The first-order chi connectivity index (χ1) is 9.10. The fourth-order valence-corrected chi connectivity index (χ4v) is 1.74. The van der Waals surface area contributed by atoms with Gasteiger partial charge in [0.05, 0.1) is 12.7 Å². The van der Waals surface area contributed by atoms with E-state index in [-0.39, 0.29) is 11.3 Å². The van der Waals surface area contributed by atoms with Gasteiger partial charge in [0.2, 0.25) is 0 Å². The van der Waals surface area contributed by atoms with Gasteiger partial charge in [-0.2, -0.15) is 0 Å². The quantitative estimate of drug-likeness (QED) is 0.905. The lowest BCUT2D eigenvalue weighted by molar-refractivity contribution is 0.102. The van der Waals surface area contributed by atoms with Crippen LogP contribution in [0.15, 0.2) is 42.5 Å². The third kappa shape index (κ3) is 3.17. The maximum absolute atomic E-state index is 12.0. The van der Waals surface area contributed by atoms with Gasteiger partial charge in [0.25, 0.3) is 5.91 Å². The number of anilines is 1. The van der Waals surface area contributed by atoms with Gasteiger partial charge in [-0.3, -0.25) is 4.79 Å². The van der Waals surface area contributed by atoms with Crippen LogP contribution in [0.5, 0.6) is 11.5 Å². The Bertz CT molecular complexity index is 596. The summed E-state index contributed by atoms with van der Waals surface area (Å²) in [5, 5.41) is 12.7. The van der Waals surface area contributed by atoms with Crippen LogP contribution in [0.3, 0.4) is 0 Å². The molecule has 0 spiro atoms. The summed E-state index contributed by atoms with van der Waals surface area (Å²) >= 11 is 5.71. The molecule has 0 saturated carbocycles. The molecule has 98 valence electrons. The topological polar surface area (TPSA) is 58.6 Å². The highest BCUT2D eigenvalue weighted by Gasteiger charge is 2.11. The number of hydrogen-bond donors (Lipinski definition) is 2. The van der Waals surface area contributed by atoms with E-state index in [1.165, 1.54) is 12.1 Å². The van der Waals surface area contributed by atoms with E-state index in [0.717, 1.165) is 0 Å². The molecule has 0 aliphatic heterocycles. The van der Waals surface area contributed by atoms with Crippen LogP contribution in [0.25, 0.3) is 0 Å². The number of methoxy groups -OCH3 is 1. The lowest BCUT2D eigenvalue weighted by Crippen LogP contribution is -2.11. The molecule has 0 aliphatic rings. The summed E-state index contributed by atoms with van der Waals surface area (Å²) in [5.41, 5.74) is 0.778. The molecule has 0 saturated heterocycles. The van der Waals surface area contributed by atoms with E-state index in [1.807, 2.05) is 0 Å². The molecule has 1 amide bonds. The number of hydrogen-bond acceptors (Lipinski definition) is 3. The van der Waals surface area contributed by atoms with Crippen molar-refractivity contribution in [2.75, 3.05) is 12.4 Å². The third-order valence-electron chi connectivity index (χ3n) is 2.55. The first kappa shape index (κ1) is 13.2. The number of ether oxygens (including phenoxy) is 1. The Hall–Kier alpha value is -2.20. The van der Waals surface area contributed by atoms with Crippen molar-refractivity contribution in [2.45, 2.75) is 0 Å². The predicted octanol–water partition coefficient (Wildman–Crippen LogP) is 3.31. The molecule has 0 aliphatic carbocycles. The molecular formula is C14H12ClNO3. The largest absolute Gasteiger partial charge is 0.507 e. The van der Waals surface area contributed by atoms with Gasteiger partial charge in [-0.25, -0.2) is 0 Å². The van der Waals surface area contributed by atoms with Crippen molar-refractivity contribution < 1.29 is 14.6 Å². The van der Waals surface area contributed by atoms with E-state index in [2.05, 4.69) is 5.32 Å². The Morgan fingerprint density at radius 2 is 1.89 bits per heavy atom. The van der Waals surface area contributed by atoms with Crippen molar-refractivity contribution in [3.05, 3.63) is 53.1 Å². The SMILES string of the molecule is COc1ccc(NC(=O)c2ccc(Cl)cc2O)cc1. The van der Waals surface area contributed by atoms with Crippen LogP contribution in [0.2, 0.25) is 5.02 Å². The number of benzene rings is 2. The minimum Gasteiger partial charge on any atom is -0.507 e. The van der Waals surface area contributed by atoms with Gasteiger partial charge in [0.15, 0.2) is 0 Å². The second-order valence-corrected chi connectivity index (χ2v) is 4.28. The molecule has 0 fully saturated rings. The summed E-state index contributed by atoms with van der Waals surface area (Å²) in [7, 11) is 1.57. The van der Waals surface area contributed by atoms with Crippen LogP contribution >= 0.6 is 11.6 Å². The molecule has 5 heteroatoms. The van der Waals surface area contributed by atoms with E-state index in [0.29, 0.717) is 16.5 Å². The molecule has 19 heavy (non-hydrogen) atoms. The van der Waals surface area contributed by atoms with Crippen molar-refractivity contribution in [3.8, 4) is 11.5 Å². The second-order valence-electron chi connectivity index (χ2n) is 3.84. The molecule has 0 radical (unpaired) electrons. The van der Waals surface area contributed by atoms with Crippen LogP contribution in [0.4, 0.5) is 5.69 Å². The molecule has 0 atom stereocenters. The molecule has 2 rings (SSSR count). The number of amides is 1. The van der Waals surface area contributed by atoms with Crippen molar-refractivity contribution in [3.63, 3.8) is 0 Å². The molecular weight excluding hydrogens is 266 g/mol. The number of rotatable bonds is 3. The highest BCUT2D eigenvalue weighted by atomic mass is 35.5. The van der Waals surface area contributed by atoms with Crippen LogP contribution in [-0.2, 0) is 0 Å². The van der Waals surface area contributed by atoms with Crippen LogP contribution < -0.4 is 10.1 Å². The highest BCUT2D eigenvalue weighted by Crippen LogP contribution is 2.23. The highest BCUT2D eigenvalue weighted by molar-refractivity contribution is 6.30. The standard InChI is InChI=1S/C14H12ClNO3/c1-19-11-5-3-10(4-6-11)16-14(18)12-7-2-9(15)8-13(12)17/h2-8,17H,1H3,(H,16,18). The van der Waals surface area contributed by atoms with E-state index in [1.54, 1.807) is 37.4 Å². The second kappa shape index (κ2) is 5.63. The van der Waals surface area contributed by atoms with E-state index in [4.69, 9.17) is 16.3 Å². The summed E-state index contributed by atoms with van der Waals surface area (Å²) in [4.78, 5) is 12.0. The van der Waals surface area contributed by atoms with Crippen molar-refractivity contribution in [1.29, 1.82) is 0 Å². The van der Waals surface area contributed by atoms with Gasteiger partial charge >= 0.3 is 0 Å². The fourth-order valence-electron chi connectivity index (χ4n) is 1.57. The number of carbonyl (C=O) groups excluding carboxylic acids is 1. The van der Waals surface area contributed by atoms with Crippen LogP contribution in [0.1, 0.15) is 10.4 Å². The zero-order valence-corrected chi connectivity index (χ0v) is 10.9. The predicted molar refractivity (Wildman–Crippen MR) is 74.1 cm³/mol. The number of nitrogens with one attached hydrogen (secondary N) is 1. The summed E-state index contributed by atoms with van der Waals surface area (Å²) in [6.45, 7) is 0. The number of halogens is 1. The lowest BCUT2D eigenvalue weighted by atomic mass is 10.2. The van der Waals surface area contributed by atoms with Gasteiger partial charge in [0.1, 0.15) is 11.5 Å². The minimum atomic E-state index is -0.403. The van der Waals surface area contributed by atoms with E-state index < -0.39 is 5.91 Å². The van der Waals surface area contributed by atoms with Gasteiger partial charge in [-0.1, -0.05) is 11.6 Å².